The van der Waals surface area contributed by atoms with E-state index in [2.05, 4.69) is 27.1 Å². The number of hydrogen-bond acceptors (Lipinski definition) is 4. The van der Waals surface area contributed by atoms with Gasteiger partial charge in [-0.3, -0.25) is 0 Å². The Morgan fingerprint density at radius 2 is 1.44 bits per heavy atom. The highest BCUT2D eigenvalue weighted by atomic mass is 32.2. The van der Waals surface area contributed by atoms with Gasteiger partial charge >= 0.3 is 0 Å². The van der Waals surface area contributed by atoms with Crippen LogP contribution in [-0.2, 0) is 10.1 Å². The van der Waals surface area contributed by atoms with E-state index in [4.69, 9.17) is 5.26 Å². The Bertz CT molecular complexity index is 647. The summed E-state index contributed by atoms with van der Waals surface area (Å²) in [5.41, 5.74) is 0.928. The van der Waals surface area contributed by atoms with E-state index in [9.17, 15) is 13.0 Å². The molecule has 1 aromatic rings. The summed E-state index contributed by atoms with van der Waals surface area (Å²) in [7, 11) is 0.0171. The number of benzene rings is 1. The van der Waals surface area contributed by atoms with Crippen molar-refractivity contribution in [2.24, 2.45) is 0 Å². The summed E-state index contributed by atoms with van der Waals surface area (Å²) in [6.45, 7) is 5.86. The van der Waals surface area contributed by atoms with Gasteiger partial charge in [-0.05, 0) is 31.9 Å². The molecule has 0 aliphatic heterocycles. The molecule has 0 atom stereocenters. The zero-order chi connectivity index (χ0) is 20.8. The van der Waals surface area contributed by atoms with Crippen molar-refractivity contribution in [3.8, 4) is 6.07 Å². The van der Waals surface area contributed by atoms with Crippen LogP contribution in [0.25, 0.3) is 0 Å². The molecule has 0 fully saturated rings. The molecule has 5 nitrogen and oxygen atoms in total. The zero-order valence-electron chi connectivity index (χ0n) is 17.4. The lowest BCUT2D eigenvalue weighted by molar-refractivity contribution is -0.883. The van der Waals surface area contributed by atoms with E-state index < -0.39 is 10.1 Å². The molecule has 0 unspecified atom stereocenters. The van der Waals surface area contributed by atoms with Gasteiger partial charge in [-0.25, -0.2) is 8.42 Å². The summed E-state index contributed by atoms with van der Waals surface area (Å²) < 4.78 is 32.0. The predicted molar refractivity (Wildman–Crippen MR) is 109 cm³/mol. The minimum Gasteiger partial charge on any atom is -0.744 e. The molecule has 0 heterocycles. The Hall–Kier alpha value is -1.42. The third-order valence-corrected chi connectivity index (χ3v) is 5.27. The van der Waals surface area contributed by atoms with E-state index >= 15 is 0 Å². The van der Waals surface area contributed by atoms with Crippen molar-refractivity contribution in [1.29, 1.82) is 5.26 Å². The highest BCUT2D eigenvalue weighted by Crippen LogP contribution is 2.10. The quantitative estimate of drug-likeness (QED) is 0.236. The maximum atomic E-state index is 10.4. The Kier molecular flexibility index (Phi) is 13.0. The first-order chi connectivity index (χ1) is 12.6. The lowest BCUT2D eigenvalue weighted by Crippen LogP contribution is -2.40. The number of nitrogens with zero attached hydrogens (tertiary/aromatic N) is 2. The number of rotatable bonds is 11. The number of nitriles is 1. The van der Waals surface area contributed by atoms with Crippen LogP contribution in [0.4, 0.5) is 0 Å². The molecule has 0 aliphatic carbocycles. The third kappa shape index (κ3) is 14.3. The van der Waals surface area contributed by atoms with Crippen molar-refractivity contribution in [3.05, 3.63) is 29.8 Å². The Balaban J connectivity index is 0.000000533. The van der Waals surface area contributed by atoms with Gasteiger partial charge in [0.2, 0.25) is 0 Å². The van der Waals surface area contributed by atoms with Crippen LogP contribution in [0.2, 0.25) is 0 Å². The molecule has 0 aromatic heterocycles. The number of hydrogen-bond donors (Lipinski definition) is 0. The molecule has 27 heavy (non-hydrogen) atoms. The summed E-state index contributed by atoms with van der Waals surface area (Å²) in [5.74, 6) is 0. The molecular weight excluding hydrogens is 360 g/mol. The average molecular weight is 397 g/mol. The second-order valence-corrected chi connectivity index (χ2v) is 9.10. The zero-order valence-corrected chi connectivity index (χ0v) is 18.2. The monoisotopic (exact) mass is 396 g/mol. The lowest BCUT2D eigenvalue weighted by atomic mass is 10.1. The maximum absolute atomic E-state index is 10.4. The topological polar surface area (TPSA) is 81.0 Å². The Morgan fingerprint density at radius 3 is 1.89 bits per heavy atom. The molecule has 0 aliphatic rings. The van der Waals surface area contributed by atoms with Crippen LogP contribution < -0.4 is 0 Å². The number of quaternary nitrogens is 1. The second kappa shape index (κ2) is 13.7. The van der Waals surface area contributed by atoms with E-state index in [1.54, 1.807) is 12.1 Å². The first kappa shape index (κ1) is 25.6. The summed E-state index contributed by atoms with van der Waals surface area (Å²) in [5, 5.41) is 8.66. The largest absolute Gasteiger partial charge is 0.744 e. The number of aryl methyl sites for hydroxylation is 1. The minimum atomic E-state index is -4.27. The van der Waals surface area contributed by atoms with Gasteiger partial charge in [0.15, 0.2) is 6.54 Å². The van der Waals surface area contributed by atoms with Gasteiger partial charge in [0.05, 0.1) is 25.5 Å². The van der Waals surface area contributed by atoms with Crippen LogP contribution in [0.5, 0.6) is 0 Å². The van der Waals surface area contributed by atoms with Crippen molar-refractivity contribution in [1.82, 2.24) is 0 Å². The molecule has 0 saturated carbocycles. The summed E-state index contributed by atoms with van der Waals surface area (Å²) in [6.07, 6.45) is 10.9. The van der Waals surface area contributed by atoms with Gasteiger partial charge in [0.1, 0.15) is 16.2 Å². The molecule has 0 saturated heterocycles. The first-order valence-corrected chi connectivity index (χ1v) is 11.2. The molecule has 1 rings (SSSR count). The van der Waals surface area contributed by atoms with Gasteiger partial charge in [0, 0.05) is 0 Å². The van der Waals surface area contributed by atoms with E-state index in [0.29, 0.717) is 6.54 Å². The maximum Gasteiger partial charge on any atom is 0.166 e. The first-order valence-electron chi connectivity index (χ1n) is 9.84. The van der Waals surface area contributed by atoms with E-state index in [-0.39, 0.29) is 4.90 Å². The molecule has 0 bridgehead atoms. The van der Waals surface area contributed by atoms with Crippen molar-refractivity contribution >= 4 is 10.1 Å². The third-order valence-electron chi connectivity index (χ3n) is 4.43. The lowest BCUT2D eigenvalue weighted by Gasteiger charge is -2.26. The van der Waals surface area contributed by atoms with Crippen molar-refractivity contribution in [2.75, 3.05) is 27.2 Å². The molecule has 154 valence electrons. The van der Waals surface area contributed by atoms with Gasteiger partial charge in [-0.15, -0.1) is 0 Å². The predicted octanol–water partition coefficient (Wildman–Crippen LogP) is 4.63. The van der Waals surface area contributed by atoms with Crippen LogP contribution in [0, 0.1) is 18.3 Å². The second-order valence-electron chi connectivity index (χ2n) is 7.72. The highest BCUT2D eigenvalue weighted by molar-refractivity contribution is 7.85. The van der Waals surface area contributed by atoms with E-state index in [1.165, 1.54) is 63.5 Å². The molecule has 1 aromatic carbocycles. The summed E-state index contributed by atoms with van der Waals surface area (Å²) >= 11 is 0. The van der Waals surface area contributed by atoms with Crippen LogP contribution in [0.3, 0.4) is 0 Å². The molecular formula is C21H36N2O3S. The molecule has 0 spiro atoms. The van der Waals surface area contributed by atoms with Crippen LogP contribution >= 0.6 is 0 Å². The normalized spacial score (nSPS) is 11.4. The summed E-state index contributed by atoms with van der Waals surface area (Å²) in [6, 6.07) is 8.04. The summed E-state index contributed by atoms with van der Waals surface area (Å²) in [4.78, 5) is -0.178. The number of unbranched alkanes of at least 4 members (excludes halogenated alkanes) is 7. The smallest absolute Gasteiger partial charge is 0.166 e. The van der Waals surface area contributed by atoms with Crippen molar-refractivity contribution < 1.29 is 17.5 Å². The van der Waals surface area contributed by atoms with Gasteiger partial charge < -0.3 is 9.04 Å². The highest BCUT2D eigenvalue weighted by Gasteiger charge is 2.12. The van der Waals surface area contributed by atoms with Gasteiger partial charge in [0.25, 0.3) is 0 Å². The van der Waals surface area contributed by atoms with Gasteiger partial charge in [-0.2, -0.15) is 5.26 Å². The average Bonchev–Trinajstić information content (AvgIpc) is 2.57. The molecule has 0 amide bonds. The van der Waals surface area contributed by atoms with Crippen molar-refractivity contribution in [2.45, 2.75) is 70.1 Å². The molecule has 0 N–H and O–H groups in total. The van der Waals surface area contributed by atoms with Gasteiger partial charge in [-0.1, -0.05) is 63.1 Å². The van der Waals surface area contributed by atoms with Crippen molar-refractivity contribution in [3.63, 3.8) is 0 Å². The Labute approximate surface area is 166 Å². The standard InChI is InChI=1S/C14H29N2.C7H8O3S/c1-4-5-6-7-8-9-10-11-13-16(2,3)14-12-15;1-6-2-4-7(5-3-6)11(8,9)10/h4-11,13-14H2,1-3H3;2-5H,1H3,(H,8,9,10)/q+1;/p-1. The fourth-order valence-corrected chi connectivity index (χ4v) is 3.12. The molecule has 0 radical (unpaired) electrons. The fourth-order valence-electron chi connectivity index (χ4n) is 2.65. The van der Waals surface area contributed by atoms with E-state index in [0.717, 1.165) is 16.6 Å². The molecule has 6 heteroatoms. The van der Waals surface area contributed by atoms with E-state index in [1.807, 2.05) is 6.92 Å². The van der Waals surface area contributed by atoms with Crippen LogP contribution in [0.1, 0.15) is 63.9 Å². The fraction of sp³-hybridized carbons (Fsp3) is 0.667. The Morgan fingerprint density at radius 1 is 0.963 bits per heavy atom. The minimum absolute atomic E-state index is 0.178. The van der Waals surface area contributed by atoms with Crippen LogP contribution in [0.15, 0.2) is 29.2 Å². The van der Waals surface area contributed by atoms with Crippen LogP contribution in [-0.4, -0.2) is 44.6 Å². The SMILES string of the molecule is CCCCCCCCCC[N+](C)(C)CC#N.Cc1ccc(S(=O)(=O)[O-])cc1.